The average molecular weight is 165 g/mol. The molecule has 6 nitrogen and oxygen atoms in total. The number of carbonyl (C=O) groups is 1. The predicted octanol–water partition coefficient (Wildman–Crippen LogP) is -1.07. The van der Waals surface area contributed by atoms with Crippen molar-refractivity contribution < 1.29 is 4.79 Å². The quantitative estimate of drug-likeness (QED) is 0.493. The summed E-state index contributed by atoms with van der Waals surface area (Å²) >= 11 is 0. The minimum absolute atomic E-state index is 0.471. The van der Waals surface area contributed by atoms with Gasteiger partial charge in [0.25, 0.3) is 0 Å². The minimum atomic E-state index is -0.575. The number of primary amides is 1. The molecule has 0 spiro atoms. The van der Waals surface area contributed by atoms with E-state index in [1.54, 1.807) is 0 Å². The molecule has 0 aromatic carbocycles. The first kappa shape index (κ1) is 6.99. The van der Waals surface area contributed by atoms with Crippen molar-refractivity contribution in [1.82, 2.24) is 15.4 Å². The van der Waals surface area contributed by atoms with Gasteiger partial charge < -0.3 is 11.2 Å². The third-order valence-corrected chi connectivity index (χ3v) is 1.62. The molecule has 2 rings (SSSR count). The Morgan fingerprint density at radius 2 is 2.25 bits per heavy atom. The number of fused-ring (bicyclic) bond motifs is 1. The van der Waals surface area contributed by atoms with Crippen LogP contribution in [0.5, 0.6) is 0 Å². The molecule has 1 aliphatic heterocycles. The fourth-order valence-electron chi connectivity index (χ4n) is 1.07. The van der Waals surface area contributed by atoms with Crippen LogP contribution in [0.15, 0.2) is 12.4 Å². The SMILES string of the molecule is NC(=O)C1NNc2nccnc21. The van der Waals surface area contributed by atoms with E-state index in [1.807, 2.05) is 0 Å². The highest BCUT2D eigenvalue weighted by atomic mass is 16.1. The largest absolute Gasteiger partial charge is 0.368 e. The van der Waals surface area contributed by atoms with E-state index in [4.69, 9.17) is 5.73 Å². The standard InChI is InChI=1S/C6H7N5O/c7-5(12)3-4-6(11-10-3)9-2-1-8-4/h1-3,10H,(H2,7,12)(H,9,11). The third-order valence-electron chi connectivity index (χ3n) is 1.62. The predicted molar refractivity (Wildman–Crippen MR) is 40.7 cm³/mol. The van der Waals surface area contributed by atoms with Gasteiger partial charge in [-0.15, -0.1) is 0 Å². The van der Waals surface area contributed by atoms with E-state index < -0.39 is 11.9 Å². The Kier molecular flexibility index (Phi) is 1.41. The maximum atomic E-state index is 10.8. The highest BCUT2D eigenvalue weighted by Gasteiger charge is 2.28. The number of nitrogens with one attached hydrogen (secondary N) is 2. The third kappa shape index (κ3) is 0.892. The van der Waals surface area contributed by atoms with Crippen LogP contribution in [0.1, 0.15) is 11.7 Å². The van der Waals surface area contributed by atoms with E-state index in [9.17, 15) is 4.79 Å². The average Bonchev–Trinajstić information content (AvgIpc) is 2.47. The summed E-state index contributed by atoms with van der Waals surface area (Å²) < 4.78 is 0. The lowest BCUT2D eigenvalue weighted by molar-refractivity contribution is -0.119. The van der Waals surface area contributed by atoms with Crippen LogP contribution in [0.25, 0.3) is 0 Å². The Hall–Kier alpha value is -1.69. The highest BCUT2D eigenvalue weighted by molar-refractivity contribution is 5.83. The first-order valence-corrected chi connectivity index (χ1v) is 3.41. The van der Waals surface area contributed by atoms with Crippen LogP contribution in [0.4, 0.5) is 5.82 Å². The molecule has 1 atom stereocenters. The second kappa shape index (κ2) is 2.42. The molecule has 4 N–H and O–H groups in total. The van der Waals surface area contributed by atoms with Gasteiger partial charge in [0, 0.05) is 12.4 Å². The molecule has 0 saturated carbocycles. The molecule has 0 fully saturated rings. The molecule has 0 radical (unpaired) electrons. The topological polar surface area (TPSA) is 92.9 Å². The van der Waals surface area contributed by atoms with Gasteiger partial charge in [0.05, 0.1) is 0 Å². The van der Waals surface area contributed by atoms with Crippen LogP contribution in [-0.2, 0) is 4.79 Å². The van der Waals surface area contributed by atoms with Crippen molar-refractivity contribution >= 4 is 11.7 Å². The number of hydrogen-bond donors (Lipinski definition) is 3. The fourth-order valence-corrected chi connectivity index (χ4v) is 1.07. The number of nitrogens with zero attached hydrogens (tertiary/aromatic N) is 2. The van der Waals surface area contributed by atoms with Crippen molar-refractivity contribution in [1.29, 1.82) is 0 Å². The molecule has 0 aliphatic carbocycles. The van der Waals surface area contributed by atoms with E-state index in [0.717, 1.165) is 0 Å². The van der Waals surface area contributed by atoms with Crippen LogP contribution in [0.2, 0.25) is 0 Å². The number of carbonyl (C=O) groups excluding carboxylic acids is 1. The number of hydrogen-bond acceptors (Lipinski definition) is 5. The number of aromatic nitrogens is 2. The summed E-state index contributed by atoms with van der Waals surface area (Å²) in [6.07, 6.45) is 3.06. The van der Waals surface area contributed by atoms with Crippen LogP contribution < -0.4 is 16.6 Å². The number of anilines is 1. The van der Waals surface area contributed by atoms with Gasteiger partial charge in [-0.25, -0.2) is 10.4 Å². The van der Waals surface area contributed by atoms with E-state index in [0.29, 0.717) is 11.5 Å². The van der Waals surface area contributed by atoms with Crippen molar-refractivity contribution in [2.75, 3.05) is 5.43 Å². The maximum absolute atomic E-state index is 10.8. The molecule has 12 heavy (non-hydrogen) atoms. The summed E-state index contributed by atoms with van der Waals surface area (Å²) in [6.45, 7) is 0. The summed E-state index contributed by atoms with van der Waals surface area (Å²) in [5.74, 6) is 0.0862. The molecule has 6 heteroatoms. The monoisotopic (exact) mass is 165 g/mol. The van der Waals surface area contributed by atoms with Crippen LogP contribution in [-0.4, -0.2) is 15.9 Å². The molecule has 1 aliphatic rings. The summed E-state index contributed by atoms with van der Waals surface area (Å²) in [4.78, 5) is 18.7. The number of nitrogens with two attached hydrogens (primary N) is 1. The summed E-state index contributed by atoms with van der Waals surface area (Å²) in [5.41, 5.74) is 11.0. The van der Waals surface area contributed by atoms with Gasteiger partial charge in [-0.3, -0.25) is 9.78 Å². The van der Waals surface area contributed by atoms with Gasteiger partial charge >= 0.3 is 0 Å². The Morgan fingerprint density at radius 1 is 1.50 bits per heavy atom. The van der Waals surface area contributed by atoms with Gasteiger partial charge in [0.2, 0.25) is 5.91 Å². The lowest BCUT2D eigenvalue weighted by Crippen LogP contribution is -2.31. The Balaban J connectivity index is 2.42. The number of amides is 1. The van der Waals surface area contributed by atoms with E-state index in [1.165, 1.54) is 12.4 Å². The second-order valence-electron chi connectivity index (χ2n) is 2.39. The second-order valence-corrected chi connectivity index (χ2v) is 2.39. The molecule has 0 bridgehead atoms. The van der Waals surface area contributed by atoms with E-state index >= 15 is 0 Å². The lowest BCUT2D eigenvalue weighted by Gasteiger charge is -2.02. The van der Waals surface area contributed by atoms with Gasteiger partial charge in [0.15, 0.2) is 11.9 Å². The van der Waals surface area contributed by atoms with Crippen LogP contribution in [0.3, 0.4) is 0 Å². The zero-order valence-electron chi connectivity index (χ0n) is 6.11. The van der Waals surface area contributed by atoms with Gasteiger partial charge in [-0.1, -0.05) is 0 Å². The smallest absolute Gasteiger partial charge is 0.242 e. The normalized spacial score (nSPS) is 19.8. The summed E-state index contributed by atoms with van der Waals surface area (Å²) in [7, 11) is 0. The van der Waals surface area contributed by atoms with Crippen molar-refractivity contribution in [3.05, 3.63) is 18.1 Å². The molecule has 2 heterocycles. The van der Waals surface area contributed by atoms with Gasteiger partial charge in [-0.05, 0) is 0 Å². The lowest BCUT2D eigenvalue weighted by atomic mass is 10.2. The zero-order chi connectivity index (χ0) is 8.55. The van der Waals surface area contributed by atoms with Crippen molar-refractivity contribution in [2.24, 2.45) is 5.73 Å². The number of rotatable bonds is 1. The molecule has 0 saturated heterocycles. The fraction of sp³-hybridized carbons (Fsp3) is 0.167. The van der Waals surface area contributed by atoms with Gasteiger partial charge in [0.1, 0.15) is 5.69 Å². The van der Waals surface area contributed by atoms with Crippen molar-refractivity contribution in [3.8, 4) is 0 Å². The minimum Gasteiger partial charge on any atom is -0.368 e. The van der Waals surface area contributed by atoms with Crippen LogP contribution in [0, 0.1) is 0 Å². The molecule has 1 unspecified atom stereocenters. The van der Waals surface area contributed by atoms with E-state index in [-0.39, 0.29) is 0 Å². The molecular formula is C6H7N5O. The molecule has 1 aromatic heterocycles. The molecule has 62 valence electrons. The highest BCUT2D eigenvalue weighted by Crippen LogP contribution is 2.22. The van der Waals surface area contributed by atoms with E-state index in [2.05, 4.69) is 20.8 Å². The summed E-state index contributed by atoms with van der Waals surface area (Å²) in [5, 5.41) is 0. The molecule has 1 amide bonds. The van der Waals surface area contributed by atoms with Crippen LogP contribution >= 0.6 is 0 Å². The Labute approximate surface area is 68.2 Å². The first-order chi connectivity index (χ1) is 5.79. The van der Waals surface area contributed by atoms with Gasteiger partial charge in [-0.2, -0.15) is 0 Å². The summed E-state index contributed by atoms with van der Waals surface area (Å²) in [6, 6.07) is -0.575. The van der Waals surface area contributed by atoms with Crippen molar-refractivity contribution in [2.45, 2.75) is 6.04 Å². The molecule has 1 aromatic rings. The number of hydrazine groups is 1. The first-order valence-electron chi connectivity index (χ1n) is 3.41. The van der Waals surface area contributed by atoms with Crippen molar-refractivity contribution in [3.63, 3.8) is 0 Å². The zero-order valence-corrected chi connectivity index (χ0v) is 6.11. The Morgan fingerprint density at radius 3 is 3.00 bits per heavy atom. The Bertz CT molecular complexity index is 325. The maximum Gasteiger partial charge on any atom is 0.242 e. The molecular weight excluding hydrogens is 158 g/mol.